The van der Waals surface area contributed by atoms with Crippen LogP contribution in [0, 0.1) is 13.8 Å². The molecule has 1 aromatic carbocycles. The third-order valence-corrected chi connectivity index (χ3v) is 3.01. The Morgan fingerprint density at radius 2 is 2.00 bits per heavy atom. The van der Waals surface area contributed by atoms with Gasteiger partial charge in [-0.15, -0.1) is 0 Å². The van der Waals surface area contributed by atoms with Gasteiger partial charge in [-0.05, 0) is 31.0 Å². The van der Waals surface area contributed by atoms with Crippen LogP contribution in [0.5, 0.6) is 5.75 Å². The summed E-state index contributed by atoms with van der Waals surface area (Å²) in [6, 6.07) is 5.81. The molecular formula is C11H17NO3S. The molecule has 0 aromatic heterocycles. The van der Waals surface area contributed by atoms with Crippen LogP contribution in [0.1, 0.15) is 11.1 Å². The Bertz CT molecular complexity index is 454. The predicted molar refractivity (Wildman–Crippen MR) is 64.3 cm³/mol. The minimum atomic E-state index is -3.13. The summed E-state index contributed by atoms with van der Waals surface area (Å²) in [5, 5.41) is 0. The maximum atomic E-state index is 10.8. The molecular weight excluding hydrogens is 226 g/mol. The molecule has 16 heavy (non-hydrogen) atoms. The lowest BCUT2D eigenvalue weighted by Gasteiger charge is -2.10. The molecule has 1 rings (SSSR count). The molecule has 0 aliphatic rings. The van der Waals surface area contributed by atoms with Crippen LogP contribution in [0.3, 0.4) is 0 Å². The van der Waals surface area contributed by atoms with Gasteiger partial charge in [-0.3, -0.25) is 0 Å². The van der Waals surface area contributed by atoms with Crippen molar-refractivity contribution in [3.05, 3.63) is 29.3 Å². The van der Waals surface area contributed by atoms with Gasteiger partial charge in [0.2, 0.25) is 10.0 Å². The van der Waals surface area contributed by atoms with Crippen molar-refractivity contribution in [2.24, 2.45) is 0 Å². The average Bonchev–Trinajstić information content (AvgIpc) is 2.17. The zero-order valence-corrected chi connectivity index (χ0v) is 10.6. The summed E-state index contributed by atoms with van der Waals surface area (Å²) in [5.74, 6) is 0.801. The summed E-state index contributed by atoms with van der Waals surface area (Å²) in [6.45, 7) is 4.61. The van der Waals surface area contributed by atoms with Crippen LogP contribution in [0.4, 0.5) is 0 Å². The maximum Gasteiger partial charge on any atom is 0.208 e. The van der Waals surface area contributed by atoms with Crippen molar-refractivity contribution in [2.45, 2.75) is 13.8 Å². The molecule has 0 aliphatic carbocycles. The van der Waals surface area contributed by atoms with Crippen LogP contribution in [-0.4, -0.2) is 27.8 Å². The number of nitrogens with one attached hydrogen (secondary N) is 1. The smallest absolute Gasteiger partial charge is 0.208 e. The largest absolute Gasteiger partial charge is 0.492 e. The Balaban J connectivity index is 2.47. The van der Waals surface area contributed by atoms with Crippen molar-refractivity contribution < 1.29 is 13.2 Å². The summed E-state index contributed by atoms with van der Waals surface area (Å²) in [4.78, 5) is 0. The monoisotopic (exact) mass is 243 g/mol. The summed E-state index contributed by atoms with van der Waals surface area (Å²) >= 11 is 0. The first-order valence-corrected chi connectivity index (χ1v) is 6.93. The summed E-state index contributed by atoms with van der Waals surface area (Å²) in [6.07, 6.45) is 1.13. The lowest BCUT2D eigenvalue weighted by atomic mass is 10.1. The van der Waals surface area contributed by atoms with Gasteiger partial charge in [0.25, 0.3) is 0 Å². The highest BCUT2D eigenvalue weighted by atomic mass is 32.2. The fourth-order valence-corrected chi connectivity index (χ4v) is 1.72. The van der Waals surface area contributed by atoms with E-state index >= 15 is 0 Å². The first-order valence-electron chi connectivity index (χ1n) is 5.04. The number of rotatable bonds is 5. The van der Waals surface area contributed by atoms with E-state index in [-0.39, 0.29) is 6.54 Å². The van der Waals surface area contributed by atoms with Crippen molar-refractivity contribution in [2.75, 3.05) is 19.4 Å². The van der Waals surface area contributed by atoms with Gasteiger partial charge in [0.15, 0.2) is 0 Å². The van der Waals surface area contributed by atoms with E-state index in [4.69, 9.17) is 4.74 Å². The van der Waals surface area contributed by atoms with Crippen molar-refractivity contribution in [1.29, 1.82) is 0 Å². The van der Waals surface area contributed by atoms with Gasteiger partial charge in [-0.2, -0.15) is 0 Å². The van der Waals surface area contributed by atoms with E-state index in [2.05, 4.69) is 4.72 Å². The van der Waals surface area contributed by atoms with Gasteiger partial charge >= 0.3 is 0 Å². The van der Waals surface area contributed by atoms with Crippen molar-refractivity contribution in [3.8, 4) is 5.75 Å². The highest BCUT2D eigenvalue weighted by Crippen LogP contribution is 2.20. The second-order valence-corrected chi connectivity index (χ2v) is 5.55. The zero-order valence-electron chi connectivity index (χ0n) is 9.78. The number of benzene rings is 1. The molecule has 1 aromatic rings. The Morgan fingerprint density at radius 3 is 2.62 bits per heavy atom. The van der Waals surface area contributed by atoms with Crippen molar-refractivity contribution >= 4 is 10.0 Å². The Hall–Kier alpha value is -1.07. The molecule has 0 saturated carbocycles. The van der Waals surface area contributed by atoms with E-state index < -0.39 is 10.0 Å². The Kier molecular flexibility index (Phi) is 4.32. The second-order valence-electron chi connectivity index (χ2n) is 3.71. The minimum absolute atomic E-state index is 0.284. The second kappa shape index (κ2) is 5.32. The van der Waals surface area contributed by atoms with E-state index in [0.29, 0.717) is 6.61 Å². The molecule has 0 amide bonds. The van der Waals surface area contributed by atoms with Crippen molar-refractivity contribution in [1.82, 2.24) is 4.72 Å². The molecule has 0 aliphatic heterocycles. The number of hydrogen-bond acceptors (Lipinski definition) is 3. The zero-order chi connectivity index (χ0) is 12.2. The molecule has 0 heterocycles. The third-order valence-electron chi connectivity index (χ3n) is 2.28. The molecule has 5 heteroatoms. The fraction of sp³-hybridized carbons (Fsp3) is 0.455. The van der Waals surface area contributed by atoms with Crippen LogP contribution in [-0.2, 0) is 10.0 Å². The third kappa shape index (κ3) is 4.20. The molecule has 90 valence electrons. The standard InChI is InChI=1S/C11H17NO3S/c1-9-5-4-6-11(10(9)2)15-8-7-12-16(3,13)14/h4-6,12H,7-8H2,1-3H3. The molecule has 4 nitrogen and oxygen atoms in total. The maximum absolute atomic E-state index is 10.8. The van der Waals surface area contributed by atoms with Gasteiger partial charge < -0.3 is 4.74 Å². The number of hydrogen-bond donors (Lipinski definition) is 1. The minimum Gasteiger partial charge on any atom is -0.492 e. The van der Waals surface area contributed by atoms with E-state index in [1.165, 1.54) is 0 Å². The molecule has 0 spiro atoms. The van der Waals surface area contributed by atoms with Gasteiger partial charge in [0.05, 0.1) is 6.26 Å². The number of ether oxygens (including phenoxy) is 1. The van der Waals surface area contributed by atoms with Gasteiger partial charge in [-0.1, -0.05) is 12.1 Å². The first kappa shape index (κ1) is 13.0. The normalized spacial score (nSPS) is 11.4. The van der Waals surface area contributed by atoms with Gasteiger partial charge in [0.1, 0.15) is 12.4 Å². The van der Waals surface area contributed by atoms with Crippen LogP contribution in [0.25, 0.3) is 0 Å². The summed E-state index contributed by atoms with van der Waals surface area (Å²) in [5.41, 5.74) is 2.25. The molecule has 0 radical (unpaired) electrons. The molecule has 0 bridgehead atoms. The summed E-state index contributed by atoms with van der Waals surface area (Å²) in [7, 11) is -3.13. The van der Waals surface area contributed by atoms with E-state index in [0.717, 1.165) is 23.1 Å². The van der Waals surface area contributed by atoms with Crippen LogP contribution < -0.4 is 9.46 Å². The quantitative estimate of drug-likeness (QED) is 0.791. The highest BCUT2D eigenvalue weighted by molar-refractivity contribution is 7.88. The lowest BCUT2D eigenvalue weighted by Crippen LogP contribution is -2.27. The van der Waals surface area contributed by atoms with Gasteiger partial charge in [0, 0.05) is 6.54 Å². The summed E-state index contributed by atoms with van der Waals surface area (Å²) < 4.78 is 29.5. The van der Waals surface area contributed by atoms with Crippen LogP contribution >= 0.6 is 0 Å². The van der Waals surface area contributed by atoms with E-state index in [9.17, 15) is 8.42 Å². The molecule has 1 N–H and O–H groups in total. The predicted octanol–water partition coefficient (Wildman–Crippen LogP) is 1.23. The topological polar surface area (TPSA) is 55.4 Å². The van der Waals surface area contributed by atoms with E-state index in [1.807, 2.05) is 32.0 Å². The molecule has 0 unspecified atom stereocenters. The molecule has 0 saturated heterocycles. The van der Waals surface area contributed by atoms with Crippen molar-refractivity contribution in [3.63, 3.8) is 0 Å². The van der Waals surface area contributed by atoms with E-state index in [1.54, 1.807) is 0 Å². The molecule has 0 atom stereocenters. The first-order chi connectivity index (χ1) is 7.40. The Morgan fingerprint density at radius 1 is 1.31 bits per heavy atom. The highest BCUT2D eigenvalue weighted by Gasteiger charge is 2.02. The van der Waals surface area contributed by atoms with Crippen LogP contribution in [0.15, 0.2) is 18.2 Å². The Labute approximate surface area is 96.7 Å². The van der Waals surface area contributed by atoms with Crippen LogP contribution in [0.2, 0.25) is 0 Å². The van der Waals surface area contributed by atoms with Gasteiger partial charge in [-0.25, -0.2) is 13.1 Å². The lowest BCUT2D eigenvalue weighted by molar-refractivity contribution is 0.320. The number of aryl methyl sites for hydroxylation is 1. The SMILES string of the molecule is Cc1cccc(OCCNS(C)(=O)=O)c1C. The average molecular weight is 243 g/mol. The number of sulfonamides is 1. The fourth-order valence-electron chi connectivity index (χ4n) is 1.27. The molecule has 0 fully saturated rings.